The van der Waals surface area contributed by atoms with Gasteiger partial charge in [0.1, 0.15) is 5.82 Å². The highest BCUT2D eigenvalue weighted by molar-refractivity contribution is 6.07. The molecule has 4 N–H and O–H groups in total. The second kappa shape index (κ2) is 6.58. The Morgan fingerprint density at radius 3 is 2.48 bits per heavy atom. The normalized spacial score (nSPS) is 10.0. The monoisotopic (exact) mass is 288 g/mol. The van der Waals surface area contributed by atoms with Gasteiger partial charge in [-0.25, -0.2) is 4.39 Å². The molecule has 0 aliphatic rings. The Morgan fingerprint density at radius 2 is 1.81 bits per heavy atom. The Bertz CT molecular complexity index is 661. The molecule has 108 valence electrons. The van der Waals surface area contributed by atoms with Gasteiger partial charge in [0, 0.05) is 18.0 Å². The fraction of sp³-hybridized carbons (Fsp3) is 0.0714. The van der Waals surface area contributed by atoms with Crippen LogP contribution in [0.5, 0.6) is 0 Å². The second-order valence-electron chi connectivity index (χ2n) is 4.13. The first kappa shape index (κ1) is 14.6. The number of pyridine rings is 1. The summed E-state index contributed by atoms with van der Waals surface area (Å²) < 4.78 is 13.3. The van der Waals surface area contributed by atoms with Crippen molar-refractivity contribution in [3.63, 3.8) is 0 Å². The standard InChI is InChI=1S/C14H13FN4O2/c15-10-1-2-11(12(7-10)18-13(20)8-16)19-14(21)9-3-5-17-6-4-9/h1-7H,8,16H2,(H,18,20)(H,19,21). The molecule has 0 fully saturated rings. The summed E-state index contributed by atoms with van der Waals surface area (Å²) in [5.41, 5.74) is 6.02. The Labute approximate surface area is 120 Å². The first-order chi connectivity index (χ1) is 10.1. The van der Waals surface area contributed by atoms with Crippen molar-refractivity contribution in [1.29, 1.82) is 0 Å². The van der Waals surface area contributed by atoms with E-state index in [0.29, 0.717) is 5.56 Å². The first-order valence-electron chi connectivity index (χ1n) is 6.11. The van der Waals surface area contributed by atoms with E-state index in [-0.39, 0.29) is 17.9 Å². The van der Waals surface area contributed by atoms with E-state index >= 15 is 0 Å². The zero-order valence-corrected chi connectivity index (χ0v) is 11.0. The molecule has 6 nitrogen and oxygen atoms in total. The third-order valence-electron chi connectivity index (χ3n) is 2.63. The first-order valence-corrected chi connectivity index (χ1v) is 6.11. The van der Waals surface area contributed by atoms with Crippen LogP contribution < -0.4 is 16.4 Å². The number of carbonyl (C=O) groups excluding carboxylic acids is 2. The van der Waals surface area contributed by atoms with Crippen molar-refractivity contribution in [2.75, 3.05) is 17.2 Å². The average molecular weight is 288 g/mol. The molecule has 0 spiro atoms. The highest BCUT2D eigenvalue weighted by Crippen LogP contribution is 2.23. The van der Waals surface area contributed by atoms with Gasteiger partial charge < -0.3 is 16.4 Å². The smallest absolute Gasteiger partial charge is 0.255 e. The Balaban J connectivity index is 2.23. The predicted molar refractivity (Wildman–Crippen MR) is 76.3 cm³/mol. The third-order valence-corrected chi connectivity index (χ3v) is 2.63. The second-order valence-corrected chi connectivity index (χ2v) is 4.13. The van der Waals surface area contributed by atoms with Gasteiger partial charge >= 0.3 is 0 Å². The summed E-state index contributed by atoms with van der Waals surface area (Å²) in [6.07, 6.45) is 2.97. The number of nitrogens with zero attached hydrogens (tertiary/aromatic N) is 1. The van der Waals surface area contributed by atoms with Gasteiger partial charge in [0.05, 0.1) is 17.9 Å². The minimum Gasteiger partial charge on any atom is -0.323 e. The topological polar surface area (TPSA) is 97.1 Å². The molecule has 7 heteroatoms. The molecule has 1 aromatic carbocycles. The number of carbonyl (C=O) groups is 2. The summed E-state index contributed by atoms with van der Waals surface area (Å²) in [6.45, 7) is -0.242. The maximum Gasteiger partial charge on any atom is 0.255 e. The van der Waals surface area contributed by atoms with Gasteiger partial charge in [-0.05, 0) is 30.3 Å². The van der Waals surface area contributed by atoms with Crippen molar-refractivity contribution in [3.05, 3.63) is 54.1 Å². The molecular weight excluding hydrogens is 275 g/mol. The molecule has 2 aromatic rings. The van der Waals surface area contributed by atoms with E-state index in [0.717, 1.165) is 6.07 Å². The molecule has 0 radical (unpaired) electrons. The van der Waals surface area contributed by atoms with Crippen molar-refractivity contribution in [2.24, 2.45) is 5.73 Å². The number of rotatable bonds is 4. The van der Waals surface area contributed by atoms with E-state index in [1.54, 1.807) is 0 Å². The molecule has 2 rings (SSSR count). The van der Waals surface area contributed by atoms with E-state index in [9.17, 15) is 14.0 Å². The maximum absolute atomic E-state index is 13.3. The molecule has 0 saturated carbocycles. The van der Waals surface area contributed by atoms with Crippen LogP contribution in [0.1, 0.15) is 10.4 Å². The number of hydrogen-bond acceptors (Lipinski definition) is 4. The van der Waals surface area contributed by atoms with Crippen LogP contribution in [0.3, 0.4) is 0 Å². The zero-order chi connectivity index (χ0) is 15.2. The van der Waals surface area contributed by atoms with Crippen molar-refractivity contribution in [1.82, 2.24) is 4.98 Å². The largest absolute Gasteiger partial charge is 0.323 e. The molecule has 0 aliphatic heterocycles. The van der Waals surface area contributed by atoms with E-state index in [2.05, 4.69) is 15.6 Å². The summed E-state index contributed by atoms with van der Waals surface area (Å²) in [5, 5.41) is 5.02. The van der Waals surface area contributed by atoms with Crippen molar-refractivity contribution < 1.29 is 14.0 Å². The minimum atomic E-state index is -0.538. The lowest BCUT2D eigenvalue weighted by atomic mass is 10.2. The number of halogens is 1. The summed E-state index contributed by atoms with van der Waals surface area (Å²) in [6, 6.07) is 6.73. The molecule has 0 aliphatic carbocycles. The molecule has 2 amide bonds. The number of anilines is 2. The Kier molecular flexibility index (Phi) is 4.57. The lowest BCUT2D eigenvalue weighted by Crippen LogP contribution is -2.23. The lowest BCUT2D eigenvalue weighted by Gasteiger charge is -2.12. The molecular formula is C14H13FN4O2. The van der Waals surface area contributed by atoms with E-state index < -0.39 is 17.6 Å². The Hall–Kier alpha value is -2.80. The van der Waals surface area contributed by atoms with E-state index in [1.807, 2.05) is 0 Å². The van der Waals surface area contributed by atoms with E-state index in [1.165, 1.54) is 36.7 Å². The van der Waals surface area contributed by atoms with Gasteiger partial charge in [-0.1, -0.05) is 0 Å². The van der Waals surface area contributed by atoms with Crippen molar-refractivity contribution in [2.45, 2.75) is 0 Å². The fourth-order valence-electron chi connectivity index (χ4n) is 1.63. The highest BCUT2D eigenvalue weighted by Gasteiger charge is 2.11. The molecule has 1 aromatic heterocycles. The van der Waals surface area contributed by atoms with Crippen molar-refractivity contribution >= 4 is 23.2 Å². The van der Waals surface area contributed by atoms with Gasteiger partial charge in [0.2, 0.25) is 5.91 Å². The molecule has 1 heterocycles. The van der Waals surface area contributed by atoms with Crippen LogP contribution in [-0.2, 0) is 4.79 Å². The van der Waals surface area contributed by atoms with Crippen LogP contribution in [0.4, 0.5) is 15.8 Å². The quantitative estimate of drug-likeness (QED) is 0.791. The number of nitrogens with two attached hydrogens (primary N) is 1. The number of amides is 2. The molecule has 21 heavy (non-hydrogen) atoms. The van der Waals surface area contributed by atoms with Crippen LogP contribution in [0.25, 0.3) is 0 Å². The predicted octanol–water partition coefficient (Wildman–Crippen LogP) is 1.37. The average Bonchev–Trinajstić information content (AvgIpc) is 2.50. The van der Waals surface area contributed by atoms with Gasteiger partial charge in [-0.3, -0.25) is 14.6 Å². The number of benzene rings is 1. The molecule has 0 unspecified atom stereocenters. The molecule has 0 bridgehead atoms. The summed E-state index contributed by atoms with van der Waals surface area (Å²) in [5.74, 6) is -1.42. The van der Waals surface area contributed by atoms with Crippen LogP contribution in [0.2, 0.25) is 0 Å². The Morgan fingerprint density at radius 1 is 1.10 bits per heavy atom. The highest BCUT2D eigenvalue weighted by atomic mass is 19.1. The van der Waals surface area contributed by atoms with Crippen LogP contribution in [0, 0.1) is 5.82 Å². The minimum absolute atomic E-state index is 0.146. The van der Waals surface area contributed by atoms with Crippen molar-refractivity contribution in [3.8, 4) is 0 Å². The number of aromatic nitrogens is 1. The van der Waals surface area contributed by atoms with Crippen LogP contribution >= 0.6 is 0 Å². The molecule has 0 atom stereocenters. The number of nitrogens with one attached hydrogen (secondary N) is 2. The van der Waals surface area contributed by atoms with Gasteiger partial charge in [-0.15, -0.1) is 0 Å². The van der Waals surface area contributed by atoms with Crippen LogP contribution in [0.15, 0.2) is 42.7 Å². The number of hydrogen-bond donors (Lipinski definition) is 3. The van der Waals surface area contributed by atoms with Gasteiger partial charge in [0.15, 0.2) is 0 Å². The summed E-state index contributed by atoms with van der Waals surface area (Å²) in [7, 11) is 0. The fourth-order valence-corrected chi connectivity index (χ4v) is 1.63. The van der Waals surface area contributed by atoms with Gasteiger partial charge in [0.25, 0.3) is 5.91 Å². The summed E-state index contributed by atoms with van der Waals surface area (Å²) >= 11 is 0. The maximum atomic E-state index is 13.3. The lowest BCUT2D eigenvalue weighted by molar-refractivity contribution is -0.114. The molecule has 0 saturated heterocycles. The third kappa shape index (κ3) is 3.83. The SMILES string of the molecule is NCC(=O)Nc1cc(F)ccc1NC(=O)c1ccncc1. The summed E-state index contributed by atoms with van der Waals surface area (Å²) in [4.78, 5) is 27.2. The van der Waals surface area contributed by atoms with Gasteiger partial charge in [-0.2, -0.15) is 0 Å². The van der Waals surface area contributed by atoms with Crippen LogP contribution in [-0.4, -0.2) is 23.3 Å². The zero-order valence-electron chi connectivity index (χ0n) is 11.0. The van der Waals surface area contributed by atoms with E-state index in [4.69, 9.17) is 5.73 Å².